The Kier molecular flexibility index (Phi) is 7.39. The smallest absolute Gasteiger partial charge is 0.299 e. The first kappa shape index (κ1) is 21.9. The van der Waals surface area contributed by atoms with Crippen molar-refractivity contribution in [1.82, 2.24) is 4.90 Å². The van der Waals surface area contributed by atoms with Crippen molar-refractivity contribution in [1.29, 1.82) is 0 Å². The molecule has 1 aliphatic carbocycles. The summed E-state index contributed by atoms with van der Waals surface area (Å²) in [6, 6.07) is 18.8. The third-order valence-corrected chi connectivity index (χ3v) is 6.47. The first-order valence-electron chi connectivity index (χ1n) is 10.7. The maximum absolute atomic E-state index is 13.4. The van der Waals surface area contributed by atoms with Crippen LogP contribution in [0.4, 0.5) is 13.2 Å². The Bertz CT molecular complexity index is 739. The molecule has 1 saturated carbocycles. The van der Waals surface area contributed by atoms with Crippen molar-refractivity contribution in [2.24, 2.45) is 5.92 Å². The average molecular weight is 404 g/mol. The summed E-state index contributed by atoms with van der Waals surface area (Å²) in [5.74, 6) is -1.57. The maximum Gasteiger partial charge on any atom is 0.392 e. The number of rotatable bonds is 7. The van der Waals surface area contributed by atoms with Gasteiger partial charge in [-0.25, -0.2) is 0 Å². The molecule has 3 atom stereocenters. The second-order valence-electron chi connectivity index (χ2n) is 8.57. The van der Waals surface area contributed by atoms with E-state index in [1.165, 1.54) is 11.1 Å². The number of hydrogen-bond donors (Lipinski definition) is 0. The lowest BCUT2D eigenvalue weighted by molar-refractivity contribution is -0.187. The van der Waals surface area contributed by atoms with E-state index < -0.39 is 12.1 Å². The highest BCUT2D eigenvalue weighted by Crippen LogP contribution is 2.46. The van der Waals surface area contributed by atoms with Crippen molar-refractivity contribution in [2.45, 2.75) is 70.1 Å². The van der Waals surface area contributed by atoms with Crippen LogP contribution in [0.15, 0.2) is 54.6 Å². The molecule has 1 aliphatic rings. The molecule has 29 heavy (non-hydrogen) atoms. The summed E-state index contributed by atoms with van der Waals surface area (Å²) < 4.78 is 40.2. The molecule has 3 unspecified atom stereocenters. The summed E-state index contributed by atoms with van der Waals surface area (Å²) in [5.41, 5.74) is 3.36. The van der Waals surface area contributed by atoms with E-state index in [2.05, 4.69) is 43.1 Å². The van der Waals surface area contributed by atoms with Gasteiger partial charge in [-0.2, -0.15) is 13.2 Å². The predicted molar refractivity (Wildman–Crippen MR) is 113 cm³/mol. The third-order valence-electron chi connectivity index (χ3n) is 6.47. The highest BCUT2D eigenvalue weighted by atomic mass is 19.4. The molecule has 0 spiro atoms. The Labute approximate surface area is 172 Å². The Hall–Kier alpha value is -1.81. The minimum Gasteiger partial charge on any atom is -0.299 e. The molecule has 4 heteroatoms. The number of aryl methyl sites for hydroxylation is 1. The third kappa shape index (κ3) is 6.08. The fourth-order valence-corrected chi connectivity index (χ4v) is 4.48. The SMILES string of the molecule is CC(CCc1ccc(C2CCCCC2C(F)(F)F)cc1)N(C)Cc1ccccc1. The van der Waals surface area contributed by atoms with Crippen LogP contribution in [0.1, 0.15) is 61.6 Å². The van der Waals surface area contributed by atoms with E-state index in [0.717, 1.165) is 31.4 Å². The predicted octanol–water partition coefficient (Wildman–Crippen LogP) is 6.98. The highest BCUT2D eigenvalue weighted by Gasteiger charge is 2.45. The second-order valence-corrected chi connectivity index (χ2v) is 8.57. The zero-order valence-corrected chi connectivity index (χ0v) is 17.5. The van der Waals surface area contributed by atoms with Gasteiger partial charge in [0.25, 0.3) is 0 Å². The van der Waals surface area contributed by atoms with Gasteiger partial charge in [0.2, 0.25) is 0 Å². The summed E-state index contributed by atoms with van der Waals surface area (Å²) in [6.07, 6.45) is 0.358. The number of nitrogens with zero attached hydrogens (tertiary/aromatic N) is 1. The number of halogens is 3. The van der Waals surface area contributed by atoms with Gasteiger partial charge in [-0.15, -0.1) is 0 Å². The van der Waals surface area contributed by atoms with E-state index in [9.17, 15) is 13.2 Å². The van der Waals surface area contributed by atoms with Gasteiger partial charge < -0.3 is 0 Å². The minimum atomic E-state index is -4.09. The van der Waals surface area contributed by atoms with E-state index in [4.69, 9.17) is 0 Å². The van der Waals surface area contributed by atoms with Crippen molar-refractivity contribution in [3.63, 3.8) is 0 Å². The minimum absolute atomic E-state index is 0.265. The summed E-state index contributed by atoms with van der Waals surface area (Å²) >= 11 is 0. The van der Waals surface area contributed by atoms with Gasteiger partial charge in [0.05, 0.1) is 5.92 Å². The zero-order chi connectivity index (χ0) is 20.9. The summed E-state index contributed by atoms with van der Waals surface area (Å²) in [7, 11) is 2.14. The molecular formula is C25H32F3N. The molecule has 0 aromatic heterocycles. The van der Waals surface area contributed by atoms with Crippen LogP contribution in [0.5, 0.6) is 0 Å². The van der Waals surface area contributed by atoms with Crippen LogP contribution in [0.3, 0.4) is 0 Å². The summed E-state index contributed by atoms with van der Waals surface area (Å²) in [6.45, 7) is 3.15. The van der Waals surface area contributed by atoms with Crippen molar-refractivity contribution < 1.29 is 13.2 Å². The molecule has 0 aliphatic heterocycles. The molecule has 1 nitrogen and oxygen atoms in total. The normalized spacial score (nSPS) is 21.3. The van der Waals surface area contributed by atoms with E-state index in [1.807, 2.05) is 30.3 Å². The molecule has 0 saturated heterocycles. The second kappa shape index (κ2) is 9.80. The number of hydrogen-bond acceptors (Lipinski definition) is 1. The van der Waals surface area contributed by atoms with Gasteiger partial charge >= 0.3 is 6.18 Å². The van der Waals surface area contributed by atoms with E-state index in [-0.39, 0.29) is 12.3 Å². The molecule has 0 bridgehead atoms. The lowest BCUT2D eigenvalue weighted by Gasteiger charge is -2.33. The molecule has 2 aromatic carbocycles. The van der Waals surface area contributed by atoms with Crippen molar-refractivity contribution >= 4 is 0 Å². The molecule has 2 aromatic rings. The van der Waals surface area contributed by atoms with Crippen molar-refractivity contribution in [3.05, 3.63) is 71.3 Å². The van der Waals surface area contributed by atoms with Gasteiger partial charge in [0, 0.05) is 12.6 Å². The molecular weight excluding hydrogens is 371 g/mol. The van der Waals surface area contributed by atoms with Gasteiger partial charge in [-0.3, -0.25) is 4.90 Å². The van der Waals surface area contributed by atoms with Crippen LogP contribution in [-0.2, 0) is 13.0 Å². The molecule has 3 rings (SSSR count). The van der Waals surface area contributed by atoms with Crippen LogP contribution in [0.2, 0.25) is 0 Å². The maximum atomic E-state index is 13.4. The average Bonchev–Trinajstić information content (AvgIpc) is 2.72. The topological polar surface area (TPSA) is 3.24 Å². The van der Waals surface area contributed by atoms with Crippen molar-refractivity contribution in [3.8, 4) is 0 Å². The van der Waals surface area contributed by atoms with Gasteiger partial charge in [-0.1, -0.05) is 67.4 Å². The summed E-state index contributed by atoms with van der Waals surface area (Å²) in [4.78, 5) is 2.35. The van der Waals surface area contributed by atoms with Crippen LogP contribution in [-0.4, -0.2) is 24.2 Å². The highest BCUT2D eigenvalue weighted by molar-refractivity contribution is 5.27. The largest absolute Gasteiger partial charge is 0.392 e. The number of benzene rings is 2. The first-order chi connectivity index (χ1) is 13.8. The van der Waals surface area contributed by atoms with E-state index >= 15 is 0 Å². The summed E-state index contributed by atoms with van der Waals surface area (Å²) in [5, 5.41) is 0. The van der Waals surface area contributed by atoms with Gasteiger partial charge in [0.1, 0.15) is 0 Å². The quantitative estimate of drug-likeness (QED) is 0.482. The zero-order valence-electron chi connectivity index (χ0n) is 17.5. The standard InChI is InChI=1S/C25H32F3N/c1-19(29(2)18-21-8-4-3-5-9-21)12-13-20-14-16-22(17-15-20)23-10-6-7-11-24(23)25(26,27)28/h3-5,8-9,14-17,19,23-24H,6-7,10-13,18H2,1-2H3. The Morgan fingerprint density at radius 1 is 0.931 bits per heavy atom. The molecule has 158 valence electrons. The Morgan fingerprint density at radius 2 is 1.59 bits per heavy atom. The lowest BCUT2D eigenvalue weighted by Crippen LogP contribution is -2.31. The molecule has 0 amide bonds. The van der Waals surface area contributed by atoms with Gasteiger partial charge in [0.15, 0.2) is 0 Å². The van der Waals surface area contributed by atoms with Crippen LogP contribution < -0.4 is 0 Å². The molecule has 1 fully saturated rings. The fraction of sp³-hybridized carbons (Fsp3) is 0.520. The van der Waals surface area contributed by atoms with Crippen LogP contribution >= 0.6 is 0 Å². The van der Waals surface area contributed by atoms with Crippen LogP contribution in [0, 0.1) is 5.92 Å². The Morgan fingerprint density at radius 3 is 2.24 bits per heavy atom. The molecule has 0 N–H and O–H groups in total. The fourth-order valence-electron chi connectivity index (χ4n) is 4.48. The van der Waals surface area contributed by atoms with E-state index in [1.54, 1.807) is 0 Å². The Balaban J connectivity index is 1.55. The molecule has 0 heterocycles. The monoisotopic (exact) mass is 403 g/mol. The molecule has 0 radical (unpaired) electrons. The first-order valence-corrected chi connectivity index (χ1v) is 10.7. The van der Waals surface area contributed by atoms with Gasteiger partial charge in [-0.05, 0) is 62.3 Å². The van der Waals surface area contributed by atoms with E-state index in [0.29, 0.717) is 18.9 Å². The van der Waals surface area contributed by atoms with Crippen molar-refractivity contribution in [2.75, 3.05) is 7.05 Å². The number of alkyl halides is 3. The van der Waals surface area contributed by atoms with Crippen LogP contribution in [0.25, 0.3) is 0 Å². The lowest BCUT2D eigenvalue weighted by atomic mass is 9.75.